The van der Waals surface area contributed by atoms with Crippen LogP contribution in [0.25, 0.3) is 0 Å². The molecule has 1 saturated heterocycles. The molecule has 2 aliphatic rings. The highest BCUT2D eigenvalue weighted by Gasteiger charge is 2.24. The number of nitrogens with one attached hydrogen (secondary N) is 1. The van der Waals surface area contributed by atoms with Crippen LogP contribution in [0, 0.1) is 0 Å². The third-order valence-corrected chi connectivity index (χ3v) is 2.02. The second kappa shape index (κ2) is 3.10. The van der Waals surface area contributed by atoms with Gasteiger partial charge in [-0.25, -0.2) is 14.8 Å². The summed E-state index contributed by atoms with van der Waals surface area (Å²) < 4.78 is 0. The maximum atomic E-state index is 11.3. The number of urea groups is 1. The normalized spacial score (nSPS) is 20.3. The van der Waals surface area contributed by atoms with Crippen molar-refractivity contribution in [1.29, 1.82) is 0 Å². The van der Waals surface area contributed by atoms with E-state index in [0.717, 1.165) is 5.57 Å². The molecule has 1 N–H and O–H groups in total. The summed E-state index contributed by atoms with van der Waals surface area (Å²) in [6.07, 6.45) is 7.72. The minimum Gasteiger partial charge on any atom is -0.276 e. The molecule has 0 atom stereocenters. The number of hydrogen-bond acceptors (Lipinski definition) is 2. The molecule has 0 bridgehead atoms. The molecule has 0 aromatic rings. The first kappa shape index (κ1) is 8.68. The van der Waals surface area contributed by atoms with Crippen LogP contribution < -0.4 is 10.9 Å². The molecule has 0 unspecified atom stereocenters. The van der Waals surface area contributed by atoms with Crippen LogP contribution in [-0.2, 0) is 0 Å². The number of nitrogens with zero attached hydrogens (tertiary/aromatic N) is 3. The third kappa shape index (κ3) is 1.32. The van der Waals surface area contributed by atoms with Gasteiger partial charge in [-0.1, -0.05) is 24.3 Å². The van der Waals surface area contributed by atoms with Crippen LogP contribution in [0.2, 0.25) is 0 Å². The lowest BCUT2D eigenvalue weighted by molar-refractivity contribution is 0.112. The van der Waals surface area contributed by atoms with E-state index in [2.05, 4.69) is 10.9 Å². The number of hydrogen-bond donors (Lipinski definition) is 1. The molecule has 1 fully saturated rings. The van der Waals surface area contributed by atoms with Gasteiger partial charge in [-0.3, -0.25) is 5.43 Å². The van der Waals surface area contributed by atoms with Gasteiger partial charge in [0.2, 0.25) is 0 Å². The second-order valence-corrected chi connectivity index (χ2v) is 3.10. The third-order valence-electron chi connectivity index (χ3n) is 2.02. The van der Waals surface area contributed by atoms with Gasteiger partial charge in [0.25, 0.3) is 0 Å². The molecule has 5 nitrogen and oxygen atoms in total. The molecule has 1 heterocycles. The van der Waals surface area contributed by atoms with Crippen molar-refractivity contribution in [3.63, 3.8) is 0 Å². The van der Waals surface area contributed by atoms with Crippen molar-refractivity contribution >= 4 is 6.03 Å². The Labute approximate surface area is 82.3 Å². The Kier molecular flexibility index (Phi) is 1.92. The molecular weight excluding hydrogens is 180 g/mol. The van der Waals surface area contributed by atoms with Crippen LogP contribution in [0.1, 0.15) is 0 Å². The van der Waals surface area contributed by atoms with Gasteiger partial charge >= 0.3 is 6.03 Å². The summed E-state index contributed by atoms with van der Waals surface area (Å²) in [5, 5.41) is 2.70. The predicted molar refractivity (Wildman–Crippen MR) is 51.5 cm³/mol. The van der Waals surface area contributed by atoms with E-state index in [0.29, 0.717) is 5.82 Å². The first-order valence-electron chi connectivity index (χ1n) is 4.27. The summed E-state index contributed by atoms with van der Waals surface area (Å²) in [7, 11) is 3.29. The van der Waals surface area contributed by atoms with Crippen LogP contribution in [-0.4, -0.2) is 30.1 Å². The van der Waals surface area contributed by atoms with Crippen molar-refractivity contribution in [2.45, 2.75) is 0 Å². The molecular formula is C9H11N4O. The van der Waals surface area contributed by atoms with Gasteiger partial charge in [0.05, 0.1) is 0 Å². The average molecular weight is 191 g/mol. The number of amides is 2. The quantitative estimate of drug-likeness (QED) is 0.600. The highest BCUT2D eigenvalue weighted by atomic mass is 16.2. The Balaban J connectivity index is 2.25. The zero-order valence-corrected chi connectivity index (χ0v) is 8.06. The van der Waals surface area contributed by atoms with Crippen LogP contribution in [0.15, 0.2) is 35.7 Å². The Morgan fingerprint density at radius 3 is 2.50 bits per heavy atom. The molecule has 0 saturated carbocycles. The molecule has 1 aliphatic carbocycles. The number of allylic oxidation sites excluding steroid dienone is 5. The zero-order valence-electron chi connectivity index (χ0n) is 8.06. The fourth-order valence-electron chi connectivity index (χ4n) is 1.29. The summed E-state index contributed by atoms with van der Waals surface area (Å²) in [5.74, 6) is 0.680. The van der Waals surface area contributed by atoms with Crippen LogP contribution >= 0.6 is 0 Å². The number of carbonyl (C=O) groups excluding carboxylic acids is 1. The number of hydrazine groups is 1. The molecule has 1 aliphatic heterocycles. The van der Waals surface area contributed by atoms with Crippen molar-refractivity contribution in [2.24, 2.45) is 0 Å². The first-order chi connectivity index (χ1) is 6.68. The zero-order chi connectivity index (χ0) is 10.1. The van der Waals surface area contributed by atoms with Crippen LogP contribution in [0.5, 0.6) is 0 Å². The molecule has 0 aromatic heterocycles. The molecule has 73 valence electrons. The van der Waals surface area contributed by atoms with Crippen molar-refractivity contribution in [2.75, 3.05) is 14.1 Å². The predicted octanol–water partition coefficient (Wildman–Crippen LogP) is 0.345. The van der Waals surface area contributed by atoms with Crippen molar-refractivity contribution in [3.8, 4) is 0 Å². The molecule has 0 aromatic carbocycles. The largest absolute Gasteiger partial charge is 0.358 e. The van der Waals surface area contributed by atoms with E-state index in [4.69, 9.17) is 0 Å². The summed E-state index contributed by atoms with van der Waals surface area (Å²) in [5.41, 5.74) is 7.96. The van der Waals surface area contributed by atoms with E-state index in [1.165, 1.54) is 10.0 Å². The molecule has 2 rings (SSSR count). The van der Waals surface area contributed by atoms with Gasteiger partial charge in [0, 0.05) is 19.7 Å². The Hall–Kier alpha value is -1.91. The van der Waals surface area contributed by atoms with Crippen molar-refractivity contribution < 1.29 is 4.79 Å². The second-order valence-electron chi connectivity index (χ2n) is 3.10. The summed E-state index contributed by atoms with van der Waals surface area (Å²) in [6, 6.07) is -0.180. The fraction of sp³-hybridized carbons (Fsp3) is 0.222. The molecule has 14 heavy (non-hydrogen) atoms. The lowest BCUT2D eigenvalue weighted by Gasteiger charge is -2.32. The average Bonchev–Trinajstić information content (AvgIpc) is 2.66. The Bertz CT molecular complexity index is 326. The minimum absolute atomic E-state index is 0.180. The van der Waals surface area contributed by atoms with Crippen molar-refractivity contribution in [1.82, 2.24) is 20.9 Å². The maximum absolute atomic E-state index is 11.3. The lowest BCUT2D eigenvalue weighted by Crippen LogP contribution is -2.56. The number of rotatable bonds is 0. The van der Waals surface area contributed by atoms with E-state index in [-0.39, 0.29) is 6.03 Å². The van der Waals surface area contributed by atoms with Crippen LogP contribution in [0.4, 0.5) is 4.79 Å². The highest BCUT2D eigenvalue weighted by molar-refractivity contribution is 5.74. The fourth-order valence-corrected chi connectivity index (χ4v) is 1.29. The maximum Gasteiger partial charge on any atom is 0.358 e. The summed E-state index contributed by atoms with van der Waals surface area (Å²) in [6.45, 7) is 0. The van der Waals surface area contributed by atoms with E-state index < -0.39 is 0 Å². The van der Waals surface area contributed by atoms with E-state index in [1.54, 1.807) is 14.1 Å². The standard InChI is InChI=1S/C9H11N4O/c1-12-9(14)13(2)11-8(10-12)7-5-3-4-6-7/h3-6,10H,1-2H3. The Morgan fingerprint density at radius 1 is 1.29 bits per heavy atom. The van der Waals surface area contributed by atoms with Crippen molar-refractivity contribution in [3.05, 3.63) is 35.7 Å². The van der Waals surface area contributed by atoms with E-state index in [9.17, 15) is 4.79 Å². The molecule has 1 radical (unpaired) electrons. The van der Waals surface area contributed by atoms with Gasteiger partial charge in [-0.05, 0) is 0 Å². The van der Waals surface area contributed by atoms with Gasteiger partial charge in [0.1, 0.15) is 0 Å². The summed E-state index contributed by atoms with van der Waals surface area (Å²) in [4.78, 5) is 11.3. The van der Waals surface area contributed by atoms with E-state index in [1.807, 2.05) is 24.3 Å². The van der Waals surface area contributed by atoms with Gasteiger partial charge in [-0.15, -0.1) is 5.43 Å². The van der Waals surface area contributed by atoms with Gasteiger partial charge in [0.15, 0.2) is 5.82 Å². The van der Waals surface area contributed by atoms with Gasteiger partial charge in [-0.2, -0.15) is 0 Å². The first-order valence-corrected chi connectivity index (χ1v) is 4.27. The lowest BCUT2D eigenvalue weighted by atomic mass is 10.3. The minimum atomic E-state index is -0.180. The summed E-state index contributed by atoms with van der Waals surface area (Å²) >= 11 is 0. The molecule has 0 spiro atoms. The Morgan fingerprint density at radius 2 is 1.93 bits per heavy atom. The molecule has 2 amide bonds. The smallest absolute Gasteiger partial charge is 0.276 e. The van der Waals surface area contributed by atoms with Crippen LogP contribution in [0.3, 0.4) is 0 Å². The SMILES string of the molecule is CN1[N]C(=C2C=CC=C2)NN(C)C1=O. The highest BCUT2D eigenvalue weighted by Crippen LogP contribution is 2.13. The monoisotopic (exact) mass is 191 g/mol. The topological polar surface area (TPSA) is 49.7 Å². The van der Waals surface area contributed by atoms with Gasteiger partial charge < -0.3 is 0 Å². The van der Waals surface area contributed by atoms with E-state index >= 15 is 0 Å². The molecule has 5 heteroatoms. The number of carbonyl (C=O) groups is 1.